The first-order valence-corrected chi connectivity index (χ1v) is 9.08. The molecule has 2 rings (SSSR count). The second kappa shape index (κ2) is 9.15. The lowest BCUT2D eigenvalue weighted by molar-refractivity contribution is -0.116. The molecule has 0 atom stereocenters. The van der Waals surface area contributed by atoms with Crippen molar-refractivity contribution in [3.8, 4) is 0 Å². The van der Waals surface area contributed by atoms with E-state index >= 15 is 0 Å². The van der Waals surface area contributed by atoms with E-state index in [2.05, 4.69) is 10.3 Å². The lowest BCUT2D eigenvalue weighted by Crippen LogP contribution is -2.41. The number of carbonyl (C=O) groups is 2. The molecule has 0 fully saturated rings. The number of aromatic nitrogens is 1. The summed E-state index contributed by atoms with van der Waals surface area (Å²) in [7, 11) is 3.79. The fraction of sp³-hybridized carbons (Fsp3) is 0.312. The molecule has 134 valence electrons. The van der Waals surface area contributed by atoms with E-state index in [0.29, 0.717) is 33.8 Å². The summed E-state index contributed by atoms with van der Waals surface area (Å²) in [5.41, 5.74) is 0.346. The van der Waals surface area contributed by atoms with Crippen molar-refractivity contribution in [1.29, 1.82) is 0 Å². The maximum absolute atomic E-state index is 12.8. The number of halogens is 2. The normalized spacial score (nSPS) is 10.8. The van der Waals surface area contributed by atoms with Gasteiger partial charge >= 0.3 is 0 Å². The molecule has 0 spiro atoms. The topological polar surface area (TPSA) is 65.5 Å². The van der Waals surface area contributed by atoms with Crippen LogP contribution < -0.4 is 5.32 Å². The van der Waals surface area contributed by atoms with Crippen LogP contribution in [0.3, 0.4) is 0 Å². The highest BCUT2D eigenvalue weighted by molar-refractivity contribution is 7.13. The van der Waals surface area contributed by atoms with E-state index in [0.717, 1.165) is 0 Å². The number of nitrogens with one attached hydrogen (secondary N) is 1. The van der Waals surface area contributed by atoms with Gasteiger partial charge in [-0.15, -0.1) is 11.3 Å². The first-order chi connectivity index (χ1) is 11.8. The van der Waals surface area contributed by atoms with E-state index in [1.807, 2.05) is 19.0 Å². The number of anilines is 1. The van der Waals surface area contributed by atoms with Crippen LogP contribution in [0, 0.1) is 0 Å². The number of hydrogen-bond acceptors (Lipinski definition) is 5. The quantitative estimate of drug-likeness (QED) is 0.775. The highest BCUT2D eigenvalue weighted by Crippen LogP contribution is 2.20. The van der Waals surface area contributed by atoms with E-state index in [9.17, 15) is 9.59 Å². The van der Waals surface area contributed by atoms with Crippen LogP contribution in [0.2, 0.25) is 10.0 Å². The Balaban J connectivity index is 2.13. The van der Waals surface area contributed by atoms with Gasteiger partial charge in [0.1, 0.15) is 6.54 Å². The third-order valence-corrected chi connectivity index (χ3v) is 4.35. The number of nitrogens with zero attached hydrogens (tertiary/aromatic N) is 3. The van der Waals surface area contributed by atoms with Crippen LogP contribution in [0.25, 0.3) is 0 Å². The molecule has 0 aliphatic heterocycles. The molecule has 1 heterocycles. The molecule has 25 heavy (non-hydrogen) atoms. The zero-order valence-corrected chi connectivity index (χ0v) is 16.2. The molecule has 0 aliphatic rings. The summed E-state index contributed by atoms with van der Waals surface area (Å²) in [5.74, 6) is -0.615. The average Bonchev–Trinajstić information content (AvgIpc) is 3.02. The van der Waals surface area contributed by atoms with Crippen molar-refractivity contribution in [3.05, 3.63) is 45.4 Å². The Labute approximate surface area is 160 Å². The van der Waals surface area contributed by atoms with E-state index < -0.39 is 0 Å². The number of rotatable bonds is 7. The molecule has 0 unspecified atom stereocenters. The molecule has 1 N–H and O–H groups in total. The Kier molecular flexibility index (Phi) is 7.19. The number of carbonyl (C=O) groups excluding carboxylic acids is 2. The Hall–Kier alpha value is -1.67. The maximum Gasteiger partial charge on any atom is 0.254 e. The first kappa shape index (κ1) is 19.7. The first-order valence-electron chi connectivity index (χ1n) is 7.44. The van der Waals surface area contributed by atoms with Gasteiger partial charge in [-0.2, -0.15) is 0 Å². The number of likely N-dealkylation sites (N-methyl/N-ethyl adjacent to an activating group) is 1. The molecule has 0 bridgehead atoms. The van der Waals surface area contributed by atoms with Crippen LogP contribution in [0.1, 0.15) is 10.4 Å². The largest absolute Gasteiger partial charge is 0.328 e. The molecular weight excluding hydrogens is 383 g/mol. The van der Waals surface area contributed by atoms with E-state index in [-0.39, 0.29) is 18.4 Å². The van der Waals surface area contributed by atoms with Crippen molar-refractivity contribution in [3.63, 3.8) is 0 Å². The third-order valence-electron chi connectivity index (χ3n) is 3.23. The second-order valence-corrected chi connectivity index (χ2v) is 7.34. The van der Waals surface area contributed by atoms with E-state index in [1.54, 1.807) is 17.6 Å². The Bertz CT molecular complexity index is 717. The maximum atomic E-state index is 12.8. The monoisotopic (exact) mass is 400 g/mol. The van der Waals surface area contributed by atoms with Gasteiger partial charge in [-0.25, -0.2) is 4.98 Å². The molecule has 2 amide bonds. The zero-order chi connectivity index (χ0) is 18.4. The fourth-order valence-electron chi connectivity index (χ4n) is 2.05. The lowest BCUT2D eigenvalue weighted by atomic mass is 10.2. The summed E-state index contributed by atoms with van der Waals surface area (Å²) in [6.07, 6.45) is 1.60. The molecule has 1 aromatic carbocycles. The van der Waals surface area contributed by atoms with Gasteiger partial charge < -0.3 is 15.1 Å². The molecule has 1 aromatic heterocycles. The van der Waals surface area contributed by atoms with Gasteiger partial charge in [-0.05, 0) is 32.3 Å². The molecule has 6 nitrogen and oxygen atoms in total. The molecule has 0 radical (unpaired) electrons. The molecular formula is C16H18Cl2N4O2S. The predicted octanol–water partition coefficient (Wildman–Crippen LogP) is 3.09. The smallest absolute Gasteiger partial charge is 0.254 e. The van der Waals surface area contributed by atoms with Crippen LogP contribution in [-0.4, -0.2) is 60.3 Å². The molecule has 9 heteroatoms. The number of amides is 2. The molecule has 0 saturated carbocycles. The number of thiazole rings is 1. The van der Waals surface area contributed by atoms with Crippen LogP contribution >= 0.6 is 34.5 Å². The van der Waals surface area contributed by atoms with Crippen molar-refractivity contribution in [1.82, 2.24) is 14.8 Å². The van der Waals surface area contributed by atoms with Crippen molar-refractivity contribution in [2.45, 2.75) is 0 Å². The summed E-state index contributed by atoms with van der Waals surface area (Å²) in [6, 6.07) is 4.63. The van der Waals surface area contributed by atoms with Gasteiger partial charge in [0.15, 0.2) is 5.13 Å². The minimum Gasteiger partial charge on any atom is -0.328 e. The van der Waals surface area contributed by atoms with Crippen molar-refractivity contribution in [2.75, 3.05) is 39.0 Å². The van der Waals surface area contributed by atoms with Crippen LogP contribution in [0.5, 0.6) is 0 Å². The molecule has 0 saturated heterocycles. The summed E-state index contributed by atoms with van der Waals surface area (Å²) in [4.78, 5) is 32.4. The van der Waals surface area contributed by atoms with Gasteiger partial charge in [0.25, 0.3) is 5.91 Å². The lowest BCUT2D eigenvalue weighted by Gasteiger charge is -2.24. The van der Waals surface area contributed by atoms with Crippen molar-refractivity contribution >= 4 is 51.5 Å². The summed E-state index contributed by atoms with van der Waals surface area (Å²) in [6.45, 7) is 0.919. The highest BCUT2D eigenvalue weighted by Gasteiger charge is 2.20. The minimum atomic E-state index is -0.310. The summed E-state index contributed by atoms with van der Waals surface area (Å²) in [5, 5.41) is 5.68. The van der Waals surface area contributed by atoms with Crippen molar-refractivity contribution < 1.29 is 9.59 Å². The number of benzene rings is 1. The zero-order valence-electron chi connectivity index (χ0n) is 13.8. The van der Waals surface area contributed by atoms with Gasteiger partial charge in [-0.3, -0.25) is 9.59 Å². The average molecular weight is 401 g/mol. The standard InChI is InChI=1S/C16H18Cl2N4O2S/c1-21(2)4-5-22(10-14(23)20-16-19-3-6-25-16)15(24)11-7-12(17)9-13(18)8-11/h3,6-9H,4-5,10H2,1-2H3,(H,19,20,23). The second-order valence-electron chi connectivity index (χ2n) is 5.57. The predicted molar refractivity (Wildman–Crippen MR) is 102 cm³/mol. The van der Waals surface area contributed by atoms with Crippen LogP contribution in [0.15, 0.2) is 29.8 Å². The third kappa shape index (κ3) is 6.28. The Morgan fingerprint density at radius 3 is 2.40 bits per heavy atom. The highest BCUT2D eigenvalue weighted by atomic mass is 35.5. The summed E-state index contributed by atoms with van der Waals surface area (Å²) < 4.78 is 0. The fourth-order valence-corrected chi connectivity index (χ4v) is 3.12. The Morgan fingerprint density at radius 1 is 1.16 bits per heavy atom. The number of hydrogen-bond donors (Lipinski definition) is 1. The van der Waals surface area contributed by atoms with E-state index in [1.165, 1.54) is 28.4 Å². The van der Waals surface area contributed by atoms with Crippen molar-refractivity contribution in [2.24, 2.45) is 0 Å². The van der Waals surface area contributed by atoms with Gasteiger partial charge in [-0.1, -0.05) is 23.2 Å². The molecule has 2 aromatic rings. The summed E-state index contributed by atoms with van der Waals surface area (Å²) >= 11 is 13.3. The van der Waals surface area contributed by atoms with E-state index in [4.69, 9.17) is 23.2 Å². The van der Waals surface area contributed by atoms with Crippen LogP contribution in [-0.2, 0) is 4.79 Å². The van der Waals surface area contributed by atoms with Crippen LogP contribution in [0.4, 0.5) is 5.13 Å². The van der Waals surface area contributed by atoms with Gasteiger partial charge in [0, 0.05) is 40.3 Å². The van der Waals surface area contributed by atoms with Gasteiger partial charge in [0.2, 0.25) is 5.91 Å². The van der Waals surface area contributed by atoms with Gasteiger partial charge in [0.05, 0.1) is 0 Å². The SMILES string of the molecule is CN(C)CCN(CC(=O)Nc1nccs1)C(=O)c1cc(Cl)cc(Cl)c1. The minimum absolute atomic E-state index is 0.0869. The Morgan fingerprint density at radius 2 is 1.84 bits per heavy atom. The molecule has 0 aliphatic carbocycles.